The molecule has 0 spiro atoms. The molecule has 2 aromatic heterocycles. The number of rotatable bonds is 4. The molecule has 0 radical (unpaired) electrons. The molecule has 6 nitrogen and oxygen atoms in total. The third-order valence-corrected chi connectivity index (χ3v) is 3.56. The van der Waals surface area contributed by atoms with Gasteiger partial charge >= 0.3 is 0 Å². The molecule has 0 aliphatic rings. The van der Waals surface area contributed by atoms with Crippen LogP contribution in [0.4, 0.5) is 10.2 Å². The number of nitrogens with one attached hydrogen (secondary N) is 1. The maximum absolute atomic E-state index is 13.1. The smallest absolute Gasteiger partial charge is 0.151 e. The third-order valence-electron chi connectivity index (χ3n) is 3.56. The summed E-state index contributed by atoms with van der Waals surface area (Å²) >= 11 is 0. The van der Waals surface area contributed by atoms with Crippen molar-refractivity contribution < 1.29 is 4.39 Å². The number of halogens is 1. The predicted octanol–water partition coefficient (Wildman–Crippen LogP) is 2.90. The Kier molecular flexibility index (Phi) is 4.20. The molecule has 0 saturated heterocycles. The molecule has 120 valence electrons. The Morgan fingerprint density at radius 2 is 2.00 bits per heavy atom. The molecule has 0 aliphatic carbocycles. The van der Waals surface area contributed by atoms with Crippen molar-refractivity contribution in [3.63, 3.8) is 0 Å². The van der Waals surface area contributed by atoms with Gasteiger partial charge in [0.2, 0.25) is 0 Å². The minimum Gasteiger partial charge on any atom is -0.362 e. The third kappa shape index (κ3) is 3.08. The first-order valence-electron chi connectivity index (χ1n) is 7.35. The van der Waals surface area contributed by atoms with Crippen molar-refractivity contribution in [1.29, 1.82) is 5.26 Å². The average Bonchev–Trinajstić information content (AvgIpc) is 3.01. The van der Waals surface area contributed by atoms with E-state index in [2.05, 4.69) is 26.5 Å². The topological polar surface area (TPSA) is 79.4 Å². The molecular formula is C17H15FN6. The number of anilines is 1. The van der Waals surface area contributed by atoms with Crippen LogP contribution in [0.1, 0.15) is 22.6 Å². The zero-order chi connectivity index (χ0) is 17.1. The molecule has 0 fully saturated rings. The van der Waals surface area contributed by atoms with Crippen LogP contribution >= 0.6 is 0 Å². The van der Waals surface area contributed by atoms with E-state index < -0.39 is 0 Å². The van der Waals surface area contributed by atoms with Crippen molar-refractivity contribution in [1.82, 2.24) is 19.7 Å². The number of benzene rings is 1. The summed E-state index contributed by atoms with van der Waals surface area (Å²) in [6.07, 6.45) is 1.43. The van der Waals surface area contributed by atoms with E-state index in [0.717, 1.165) is 11.3 Å². The van der Waals surface area contributed by atoms with Crippen LogP contribution < -0.4 is 5.32 Å². The summed E-state index contributed by atoms with van der Waals surface area (Å²) in [6.45, 7) is 4.09. The molecule has 7 heteroatoms. The van der Waals surface area contributed by atoms with Crippen molar-refractivity contribution in [2.24, 2.45) is 0 Å². The summed E-state index contributed by atoms with van der Waals surface area (Å²) in [5.74, 6) is 0.840. The van der Waals surface area contributed by atoms with Crippen LogP contribution in [-0.4, -0.2) is 19.7 Å². The fourth-order valence-corrected chi connectivity index (χ4v) is 2.45. The highest BCUT2D eigenvalue weighted by molar-refractivity contribution is 5.56. The van der Waals surface area contributed by atoms with Gasteiger partial charge < -0.3 is 5.32 Å². The van der Waals surface area contributed by atoms with Crippen LogP contribution in [0.15, 0.2) is 36.7 Å². The van der Waals surface area contributed by atoms with E-state index in [4.69, 9.17) is 0 Å². The summed E-state index contributed by atoms with van der Waals surface area (Å²) in [5.41, 5.74) is 2.91. The van der Waals surface area contributed by atoms with E-state index in [1.807, 2.05) is 19.9 Å². The monoisotopic (exact) mass is 322 g/mol. The zero-order valence-electron chi connectivity index (χ0n) is 13.3. The normalized spacial score (nSPS) is 10.4. The van der Waals surface area contributed by atoms with Crippen LogP contribution in [0.3, 0.4) is 0 Å². The number of hydrogen-bond donors (Lipinski definition) is 1. The largest absolute Gasteiger partial charge is 0.362 e. The molecule has 3 aromatic rings. The zero-order valence-corrected chi connectivity index (χ0v) is 13.3. The first kappa shape index (κ1) is 15.6. The van der Waals surface area contributed by atoms with Crippen molar-refractivity contribution in [3.8, 4) is 11.8 Å². The number of hydrogen-bond acceptors (Lipinski definition) is 5. The van der Waals surface area contributed by atoms with Crippen LogP contribution in [-0.2, 0) is 6.54 Å². The first-order chi connectivity index (χ1) is 11.6. The highest BCUT2D eigenvalue weighted by Gasteiger charge is 2.11. The maximum atomic E-state index is 13.1. The van der Waals surface area contributed by atoms with Crippen LogP contribution in [0.5, 0.6) is 0 Å². The Morgan fingerprint density at radius 3 is 2.71 bits per heavy atom. The van der Waals surface area contributed by atoms with Gasteiger partial charge in [0, 0.05) is 5.69 Å². The molecular weight excluding hydrogens is 307 g/mol. The average molecular weight is 322 g/mol. The summed E-state index contributed by atoms with van der Waals surface area (Å²) in [5, 5.41) is 16.6. The lowest BCUT2D eigenvalue weighted by Gasteiger charge is -2.11. The Labute approximate surface area is 138 Å². The summed E-state index contributed by atoms with van der Waals surface area (Å²) in [7, 11) is 0. The molecule has 0 amide bonds. The van der Waals surface area contributed by atoms with E-state index in [0.29, 0.717) is 29.4 Å². The van der Waals surface area contributed by atoms with Crippen LogP contribution in [0, 0.1) is 31.0 Å². The first-order valence-corrected chi connectivity index (χ1v) is 7.35. The van der Waals surface area contributed by atoms with Crippen molar-refractivity contribution >= 4 is 5.82 Å². The van der Waals surface area contributed by atoms with E-state index in [9.17, 15) is 9.65 Å². The van der Waals surface area contributed by atoms with Crippen LogP contribution in [0.2, 0.25) is 0 Å². The van der Waals surface area contributed by atoms with E-state index in [1.165, 1.54) is 18.5 Å². The van der Waals surface area contributed by atoms with Gasteiger partial charge in [-0.05, 0) is 49.7 Å². The standard InChI is InChI=1S/C17H15FN6/c1-11-7-12(2)23-17(15(11)8-19)20-9-16-21-10-22-24(16)14-5-3-13(18)4-6-14/h3-7,10H,9H2,1-2H3,(H,20,23). The maximum Gasteiger partial charge on any atom is 0.151 e. The highest BCUT2D eigenvalue weighted by Crippen LogP contribution is 2.18. The molecule has 1 N–H and O–H groups in total. The molecule has 24 heavy (non-hydrogen) atoms. The van der Waals surface area contributed by atoms with Gasteiger partial charge in [-0.25, -0.2) is 19.0 Å². The van der Waals surface area contributed by atoms with Gasteiger partial charge in [-0.3, -0.25) is 0 Å². The van der Waals surface area contributed by atoms with Gasteiger partial charge in [0.15, 0.2) is 5.82 Å². The van der Waals surface area contributed by atoms with E-state index in [-0.39, 0.29) is 5.82 Å². The predicted molar refractivity (Wildman–Crippen MR) is 87.1 cm³/mol. The molecule has 0 atom stereocenters. The van der Waals surface area contributed by atoms with E-state index >= 15 is 0 Å². The highest BCUT2D eigenvalue weighted by atomic mass is 19.1. The fraction of sp³-hybridized carbons (Fsp3) is 0.176. The van der Waals surface area contributed by atoms with Gasteiger partial charge in [0.05, 0.1) is 17.8 Å². The molecule has 3 rings (SSSR count). The van der Waals surface area contributed by atoms with Crippen molar-refractivity contribution in [2.45, 2.75) is 20.4 Å². The Bertz CT molecular complexity index is 908. The Hall–Kier alpha value is -3.27. The minimum atomic E-state index is -0.309. The quantitative estimate of drug-likeness (QED) is 0.799. The second-order valence-corrected chi connectivity index (χ2v) is 5.33. The Morgan fingerprint density at radius 1 is 1.25 bits per heavy atom. The number of aromatic nitrogens is 4. The fourth-order valence-electron chi connectivity index (χ4n) is 2.45. The number of pyridine rings is 1. The lowest BCUT2D eigenvalue weighted by Crippen LogP contribution is -2.11. The minimum absolute atomic E-state index is 0.309. The molecule has 0 unspecified atom stereocenters. The number of aryl methyl sites for hydroxylation is 2. The molecule has 0 aliphatic heterocycles. The lowest BCUT2D eigenvalue weighted by atomic mass is 10.1. The number of nitriles is 1. The second-order valence-electron chi connectivity index (χ2n) is 5.33. The lowest BCUT2D eigenvalue weighted by molar-refractivity contribution is 0.626. The summed E-state index contributed by atoms with van der Waals surface area (Å²) < 4.78 is 14.7. The molecule has 1 aromatic carbocycles. The van der Waals surface area contributed by atoms with Crippen molar-refractivity contribution in [2.75, 3.05) is 5.32 Å². The van der Waals surface area contributed by atoms with Gasteiger partial charge in [-0.1, -0.05) is 0 Å². The summed E-state index contributed by atoms with van der Waals surface area (Å²) in [4.78, 5) is 8.59. The van der Waals surface area contributed by atoms with Gasteiger partial charge in [0.1, 0.15) is 24.0 Å². The Balaban J connectivity index is 1.86. The van der Waals surface area contributed by atoms with Gasteiger partial charge in [-0.15, -0.1) is 0 Å². The molecule has 0 saturated carbocycles. The summed E-state index contributed by atoms with van der Waals surface area (Å²) in [6, 6.07) is 10.0. The van der Waals surface area contributed by atoms with E-state index in [1.54, 1.807) is 16.8 Å². The number of nitrogens with zero attached hydrogens (tertiary/aromatic N) is 5. The van der Waals surface area contributed by atoms with Gasteiger partial charge in [0.25, 0.3) is 0 Å². The van der Waals surface area contributed by atoms with Crippen LogP contribution in [0.25, 0.3) is 5.69 Å². The van der Waals surface area contributed by atoms with Crippen molar-refractivity contribution in [3.05, 3.63) is 65.1 Å². The second kappa shape index (κ2) is 6.46. The molecule has 2 heterocycles. The SMILES string of the molecule is Cc1cc(C)c(C#N)c(NCc2ncnn2-c2ccc(F)cc2)n1. The van der Waals surface area contributed by atoms with Gasteiger partial charge in [-0.2, -0.15) is 10.4 Å². The molecule has 0 bridgehead atoms.